The average molecular weight is 313 g/mol. The molecular formula is C12H17BrN4O. The van der Waals surface area contributed by atoms with Crippen molar-refractivity contribution in [3.63, 3.8) is 0 Å². The van der Waals surface area contributed by atoms with Gasteiger partial charge in [0.25, 0.3) is 0 Å². The van der Waals surface area contributed by atoms with E-state index in [0.29, 0.717) is 18.1 Å². The van der Waals surface area contributed by atoms with Gasteiger partial charge in [-0.2, -0.15) is 0 Å². The molecule has 18 heavy (non-hydrogen) atoms. The van der Waals surface area contributed by atoms with E-state index < -0.39 is 0 Å². The van der Waals surface area contributed by atoms with Crippen LogP contribution < -0.4 is 5.69 Å². The van der Waals surface area contributed by atoms with Crippen LogP contribution in [0.25, 0.3) is 5.65 Å². The van der Waals surface area contributed by atoms with Gasteiger partial charge in [-0.1, -0.05) is 36.7 Å². The van der Waals surface area contributed by atoms with Gasteiger partial charge in [0.05, 0.1) is 12.7 Å². The van der Waals surface area contributed by atoms with Crippen molar-refractivity contribution < 1.29 is 0 Å². The van der Waals surface area contributed by atoms with Crippen LogP contribution in [0.15, 0.2) is 23.4 Å². The molecule has 1 unspecified atom stereocenters. The second kappa shape index (κ2) is 4.84. The number of fused-ring (bicyclic) bond motifs is 1. The molecule has 0 saturated heterocycles. The molecule has 0 amide bonds. The minimum atomic E-state index is -0.109. The first-order chi connectivity index (χ1) is 8.43. The minimum Gasteiger partial charge on any atom is -0.259 e. The number of hydrogen-bond donors (Lipinski definition) is 0. The van der Waals surface area contributed by atoms with Gasteiger partial charge in [-0.3, -0.25) is 4.98 Å². The zero-order valence-corrected chi connectivity index (χ0v) is 12.4. The quantitative estimate of drug-likeness (QED) is 0.814. The first kappa shape index (κ1) is 13.3. The molecule has 2 aromatic rings. The van der Waals surface area contributed by atoms with E-state index in [0.717, 1.165) is 5.33 Å². The maximum atomic E-state index is 12.1. The lowest BCUT2D eigenvalue weighted by atomic mass is 9.82. The Labute approximate surface area is 114 Å². The molecule has 0 aliphatic carbocycles. The Hall–Kier alpha value is -1.17. The van der Waals surface area contributed by atoms with E-state index >= 15 is 0 Å². The monoisotopic (exact) mass is 312 g/mol. The predicted octanol–water partition coefficient (Wildman–Crippen LogP) is 1.95. The van der Waals surface area contributed by atoms with Crippen LogP contribution >= 0.6 is 15.9 Å². The largest absolute Gasteiger partial charge is 0.350 e. The molecule has 6 heteroatoms. The minimum absolute atomic E-state index is 0.109. The molecule has 2 heterocycles. The van der Waals surface area contributed by atoms with Crippen molar-refractivity contribution in [1.29, 1.82) is 0 Å². The molecule has 1 atom stereocenters. The zero-order valence-electron chi connectivity index (χ0n) is 10.8. The van der Waals surface area contributed by atoms with Crippen LogP contribution in [0.1, 0.15) is 20.8 Å². The summed E-state index contributed by atoms with van der Waals surface area (Å²) in [7, 11) is 0. The molecule has 0 aliphatic rings. The van der Waals surface area contributed by atoms with Gasteiger partial charge in [0.1, 0.15) is 0 Å². The van der Waals surface area contributed by atoms with Crippen molar-refractivity contribution in [2.75, 3.05) is 5.33 Å². The van der Waals surface area contributed by atoms with Crippen LogP contribution in [0, 0.1) is 11.3 Å². The van der Waals surface area contributed by atoms with Gasteiger partial charge in [0.15, 0.2) is 5.65 Å². The van der Waals surface area contributed by atoms with Crippen LogP contribution in [-0.2, 0) is 6.54 Å². The summed E-state index contributed by atoms with van der Waals surface area (Å²) in [4.78, 5) is 16.1. The van der Waals surface area contributed by atoms with Gasteiger partial charge >= 0.3 is 5.69 Å². The van der Waals surface area contributed by atoms with Gasteiger partial charge in [-0.25, -0.2) is 13.9 Å². The van der Waals surface area contributed by atoms with Crippen molar-refractivity contribution in [2.45, 2.75) is 27.3 Å². The Balaban J connectivity index is 2.38. The van der Waals surface area contributed by atoms with E-state index in [4.69, 9.17) is 0 Å². The highest BCUT2D eigenvalue weighted by Crippen LogP contribution is 2.28. The van der Waals surface area contributed by atoms with Crippen molar-refractivity contribution in [3.8, 4) is 0 Å². The number of alkyl halides is 1. The molecule has 0 spiro atoms. The fraction of sp³-hybridized carbons (Fsp3) is 0.583. The average Bonchev–Trinajstić information content (AvgIpc) is 2.62. The lowest BCUT2D eigenvalue weighted by molar-refractivity contribution is 0.230. The van der Waals surface area contributed by atoms with E-state index in [9.17, 15) is 4.79 Å². The van der Waals surface area contributed by atoms with Crippen LogP contribution in [-0.4, -0.2) is 24.5 Å². The first-order valence-corrected chi connectivity index (χ1v) is 7.01. The molecule has 0 aromatic carbocycles. The number of hydrogen-bond acceptors (Lipinski definition) is 3. The van der Waals surface area contributed by atoms with Gasteiger partial charge in [-0.05, 0) is 11.3 Å². The van der Waals surface area contributed by atoms with Gasteiger partial charge in [-0.15, -0.1) is 5.10 Å². The Morgan fingerprint density at radius 3 is 2.72 bits per heavy atom. The maximum Gasteiger partial charge on any atom is 0.350 e. The third-order valence-electron chi connectivity index (χ3n) is 3.19. The van der Waals surface area contributed by atoms with E-state index in [1.165, 1.54) is 9.08 Å². The zero-order chi connectivity index (χ0) is 13.3. The molecule has 0 saturated carbocycles. The summed E-state index contributed by atoms with van der Waals surface area (Å²) in [6.45, 7) is 7.11. The molecule has 0 bridgehead atoms. The summed E-state index contributed by atoms with van der Waals surface area (Å²) in [6.07, 6.45) is 4.83. The van der Waals surface area contributed by atoms with Gasteiger partial charge in [0.2, 0.25) is 0 Å². The second-order valence-electron chi connectivity index (χ2n) is 5.49. The lowest BCUT2D eigenvalue weighted by Gasteiger charge is -2.28. The molecule has 2 aromatic heterocycles. The normalized spacial score (nSPS) is 14.0. The summed E-state index contributed by atoms with van der Waals surface area (Å²) in [5.41, 5.74) is 0.601. The van der Waals surface area contributed by atoms with E-state index in [2.05, 4.69) is 46.8 Å². The Bertz CT molecular complexity index is 596. The summed E-state index contributed by atoms with van der Waals surface area (Å²) in [5, 5.41) is 5.14. The van der Waals surface area contributed by atoms with E-state index in [1.807, 2.05) is 0 Å². The van der Waals surface area contributed by atoms with Gasteiger partial charge in [0, 0.05) is 17.7 Å². The first-order valence-electron chi connectivity index (χ1n) is 5.88. The smallest absolute Gasteiger partial charge is 0.259 e. The molecule has 5 nitrogen and oxygen atoms in total. The molecule has 0 radical (unpaired) electrons. The highest BCUT2D eigenvalue weighted by Gasteiger charge is 2.25. The van der Waals surface area contributed by atoms with Crippen LogP contribution in [0.2, 0.25) is 0 Å². The topological polar surface area (TPSA) is 52.2 Å². The molecule has 0 fully saturated rings. The summed E-state index contributed by atoms with van der Waals surface area (Å²) in [6, 6.07) is 0. The lowest BCUT2D eigenvalue weighted by Crippen LogP contribution is -2.32. The Morgan fingerprint density at radius 2 is 2.17 bits per heavy atom. The number of nitrogens with zero attached hydrogens (tertiary/aromatic N) is 4. The summed E-state index contributed by atoms with van der Waals surface area (Å²) in [5.74, 6) is 0.341. The third-order valence-corrected chi connectivity index (χ3v) is 3.97. The molecule has 0 aliphatic heterocycles. The van der Waals surface area contributed by atoms with Crippen LogP contribution in [0.4, 0.5) is 0 Å². The van der Waals surface area contributed by atoms with Crippen molar-refractivity contribution in [1.82, 2.24) is 19.2 Å². The second-order valence-corrected chi connectivity index (χ2v) is 6.13. The van der Waals surface area contributed by atoms with Crippen molar-refractivity contribution in [3.05, 3.63) is 29.1 Å². The summed E-state index contributed by atoms with van der Waals surface area (Å²) >= 11 is 3.52. The molecule has 98 valence electrons. The van der Waals surface area contributed by atoms with Crippen LogP contribution in [0.3, 0.4) is 0 Å². The highest BCUT2D eigenvalue weighted by molar-refractivity contribution is 9.09. The Morgan fingerprint density at radius 1 is 1.44 bits per heavy atom. The number of rotatable bonds is 3. The number of halogens is 1. The standard InChI is InChI=1S/C12H17BrN4O/c1-12(2,3)9(6-13)8-17-11(18)16-5-4-14-7-10(16)15-17/h4-5,7,9H,6,8H2,1-3H3. The summed E-state index contributed by atoms with van der Waals surface area (Å²) < 4.78 is 3.04. The van der Waals surface area contributed by atoms with Gasteiger partial charge < -0.3 is 0 Å². The van der Waals surface area contributed by atoms with E-state index in [-0.39, 0.29) is 11.1 Å². The maximum absolute atomic E-state index is 12.1. The molecule has 2 rings (SSSR count). The fourth-order valence-electron chi connectivity index (χ4n) is 1.76. The highest BCUT2D eigenvalue weighted by atomic mass is 79.9. The fourth-order valence-corrected chi connectivity index (χ4v) is 2.94. The SMILES string of the molecule is CC(C)(C)C(CBr)Cn1nc2cnccn2c1=O. The van der Waals surface area contributed by atoms with Crippen LogP contribution in [0.5, 0.6) is 0 Å². The third kappa shape index (κ3) is 2.48. The Kier molecular flexibility index (Phi) is 3.56. The van der Waals surface area contributed by atoms with Crippen molar-refractivity contribution >= 4 is 21.6 Å². The van der Waals surface area contributed by atoms with Crippen molar-refractivity contribution in [2.24, 2.45) is 11.3 Å². The van der Waals surface area contributed by atoms with E-state index in [1.54, 1.807) is 18.6 Å². The predicted molar refractivity (Wildman–Crippen MR) is 74.0 cm³/mol. The number of aromatic nitrogens is 4. The molecule has 0 N–H and O–H groups in total. The molecular weight excluding hydrogens is 296 g/mol.